The van der Waals surface area contributed by atoms with Crippen LogP contribution in [0.25, 0.3) is 11.2 Å². The highest BCUT2D eigenvalue weighted by Gasteiger charge is 2.54. The number of anilines is 1. The van der Waals surface area contributed by atoms with Crippen molar-refractivity contribution in [3.05, 3.63) is 42.2 Å². The molecule has 0 saturated carbocycles. The van der Waals surface area contributed by atoms with E-state index in [1.165, 1.54) is 10.9 Å². The van der Waals surface area contributed by atoms with Gasteiger partial charge in [0, 0.05) is 12.3 Å². The number of hydrogen-bond acceptors (Lipinski definition) is 15. The Kier molecular flexibility index (Phi) is 13.9. The van der Waals surface area contributed by atoms with Crippen LogP contribution in [0.5, 0.6) is 5.88 Å². The minimum Gasteiger partial charge on any atom is -0.476 e. The third kappa shape index (κ3) is 10.2. The smallest absolute Gasteiger partial charge is 0.405 e. The van der Waals surface area contributed by atoms with Crippen molar-refractivity contribution in [2.45, 2.75) is 77.4 Å². The minimum absolute atomic E-state index is 0.0526. The van der Waals surface area contributed by atoms with Crippen LogP contribution in [0.4, 0.5) is 5.95 Å². The molecule has 2 aromatic heterocycles. The zero-order valence-electron chi connectivity index (χ0n) is 29.5. The van der Waals surface area contributed by atoms with E-state index in [0.29, 0.717) is 12.1 Å². The average Bonchev–Trinajstić information content (AvgIpc) is 3.60. The number of carbonyl (C=O) groups is 2. The van der Waals surface area contributed by atoms with Crippen LogP contribution in [0.2, 0.25) is 0 Å². The second-order valence-corrected chi connectivity index (χ2v) is 16.8. The summed E-state index contributed by atoms with van der Waals surface area (Å²) < 4.78 is 44.1. The maximum atomic E-state index is 14.0. The molecule has 51 heavy (non-hydrogen) atoms. The highest BCUT2D eigenvalue weighted by Crippen LogP contribution is 2.48. The van der Waals surface area contributed by atoms with Gasteiger partial charge in [-0.2, -0.15) is 9.97 Å². The number of nitrogens with one attached hydrogen (secondary N) is 1. The molecule has 19 heteroatoms. The number of aliphatic hydroxyl groups is 1. The number of ether oxygens (including phenoxy) is 3. The number of aliphatic hydroxyl groups excluding tert-OH is 1. The predicted octanol–water partition coefficient (Wildman–Crippen LogP) is 3.81. The number of thioether (sulfide) groups is 1. The largest absolute Gasteiger partial charge is 0.476 e. The van der Waals surface area contributed by atoms with Gasteiger partial charge in [0.15, 0.2) is 22.5 Å². The number of hydrogen-bond donors (Lipinski definition) is 4. The quantitative estimate of drug-likeness (QED) is 0.0624. The summed E-state index contributed by atoms with van der Waals surface area (Å²) in [6.45, 7) is 10.1. The van der Waals surface area contributed by atoms with Crippen LogP contribution in [-0.4, -0.2) is 91.0 Å². The number of rotatable bonds is 18. The van der Waals surface area contributed by atoms with E-state index in [1.54, 1.807) is 41.5 Å². The average molecular weight is 772 g/mol. The molecule has 282 valence electrons. The fourth-order valence-corrected chi connectivity index (χ4v) is 7.45. The molecule has 6 atom stereocenters. The summed E-state index contributed by atoms with van der Waals surface area (Å²) in [6.07, 6.45) is -1.92. The standard InChI is InChI=1S/C32H47ClN7O9PS/c1-7-45-26-23-25(38-30(35)39-26)40(18-36-23)28-32(6,33)24(41)21(49-28)16-48-50(44,37-15-20-11-9-8-10-12-20)47-13-14-51-29(43)31(4,5)17-46-27(42)22(34)19(2)3/h8-12,18-19,21-22,24,28,41H,7,13-17,34H2,1-6H3,(H,37,44)(H2,35,38,39)/t21-,22+,24-,28-,32-,50?/m1/s1. The second-order valence-electron chi connectivity index (χ2n) is 13.1. The van der Waals surface area contributed by atoms with Crippen LogP contribution in [0.3, 0.4) is 0 Å². The van der Waals surface area contributed by atoms with Crippen molar-refractivity contribution in [3.8, 4) is 5.88 Å². The van der Waals surface area contributed by atoms with Gasteiger partial charge in [0.1, 0.15) is 29.7 Å². The molecular weight excluding hydrogens is 725 g/mol. The van der Waals surface area contributed by atoms with Crippen LogP contribution in [-0.2, 0) is 39.2 Å². The summed E-state index contributed by atoms with van der Waals surface area (Å²) in [6, 6.07) is 8.41. The first kappa shape index (κ1) is 40.9. The molecule has 1 fully saturated rings. The van der Waals surface area contributed by atoms with Gasteiger partial charge in [-0.25, -0.2) is 14.6 Å². The molecule has 6 N–H and O–H groups in total. The number of nitrogens with zero attached hydrogens (tertiary/aromatic N) is 4. The number of nitrogens with two attached hydrogens (primary N) is 2. The topological polar surface area (TPSA) is 225 Å². The summed E-state index contributed by atoms with van der Waals surface area (Å²) >= 11 is 7.81. The maximum absolute atomic E-state index is 14.0. The summed E-state index contributed by atoms with van der Waals surface area (Å²) in [7, 11) is -4.06. The molecule has 1 aliphatic rings. The molecule has 1 unspecified atom stereocenters. The first-order valence-electron chi connectivity index (χ1n) is 16.4. The van der Waals surface area contributed by atoms with E-state index in [1.807, 2.05) is 30.3 Å². The van der Waals surface area contributed by atoms with Crippen molar-refractivity contribution >= 4 is 59.3 Å². The molecule has 1 saturated heterocycles. The molecular formula is C32H47ClN7O9PS. The van der Waals surface area contributed by atoms with Crippen LogP contribution in [0, 0.1) is 11.3 Å². The number of alkyl halides is 1. The molecule has 4 rings (SSSR count). The van der Waals surface area contributed by atoms with Gasteiger partial charge < -0.3 is 30.8 Å². The lowest BCUT2D eigenvalue weighted by Crippen LogP contribution is -2.40. The Hall–Kier alpha value is -2.86. The van der Waals surface area contributed by atoms with Gasteiger partial charge in [-0.3, -0.25) is 23.2 Å². The van der Waals surface area contributed by atoms with E-state index in [-0.39, 0.29) is 60.6 Å². The monoisotopic (exact) mass is 771 g/mol. The number of aromatic nitrogens is 4. The molecule has 3 heterocycles. The van der Waals surface area contributed by atoms with Crippen molar-refractivity contribution in [2.75, 3.05) is 37.9 Å². The fraction of sp³-hybridized carbons (Fsp3) is 0.594. The Bertz CT molecular complexity index is 1700. The molecule has 0 bridgehead atoms. The van der Waals surface area contributed by atoms with Crippen LogP contribution in [0.15, 0.2) is 36.7 Å². The summed E-state index contributed by atoms with van der Waals surface area (Å²) in [5.74, 6) is -0.430. The fourth-order valence-electron chi connectivity index (χ4n) is 4.92. The Labute approximate surface area is 306 Å². The lowest BCUT2D eigenvalue weighted by atomic mass is 9.97. The Morgan fingerprint density at radius 2 is 1.94 bits per heavy atom. The lowest BCUT2D eigenvalue weighted by Gasteiger charge is -2.26. The van der Waals surface area contributed by atoms with E-state index in [9.17, 15) is 19.3 Å². The highest BCUT2D eigenvalue weighted by atomic mass is 35.5. The van der Waals surface area contributed by atoms with Gasteiger partial charge in [0.2, 0.25) is 11.8 Å². The molecule has 3 aromatic rings. The van der Waals surface area contributed by atoms with Crippen molar-refractivity contribution in [3.63, 3.8) is 0 Å². The van der Waals surface area contributed by atoms with Crippen LogP contribution < -0.4 is 21.3 Å². The number of halogens is 1. The SMILES string of the molecule is CCOc1nc(N)nc2c1ncn2[C@@H]1O[C@H](COP(=O)(NCc2ccccc2)OCCSC(=O)C(C)(C)COC(=O)[C@@H](N)C(C)C)[C@@H](O)[C@@]1(C)Cl. The van der Waals surface area contributed by atoms with Gasteiger partial charge in [0.25, 0.3) is 0 Å². The van der Waals surface area contributed by atoms with Crippen molar-refractivity contribution < 1.29 is 42.5 Å². The number of fused-ring (bicyclic) bond motifs is 1. The van der Waals surface area contributed by atoms with Crippen molar-refractivity contribution in [1.29, 1.82) is 0 Å². The minimum atomic E-state index is -4.06. The normalized spacial score (nSPS) is 22.6. The van der Waals surface area contributed by atoms with Crippen LogP contribution in [0.1, 0.15) is 53.3 Å². The number of benzene rings is 1. The molecule has 1 aromatic carbocycles. The lowest BCUT2D eigenvalue weighted by molar-refractivity contribution is -0.150. The predicted molar refractivity (Wildman–Crippen MR) is 193 cm³/mol. The van der Waals surface area contributed by atoms with Gasteiger partial charge in [-0.05, 0) is 39.2 Å². The van der Waals surface area contributed by atoms with E-state index >= 15 is 0 Å². The maximum Gasteiger partial charge on any atom is 0.405 e. The van der Waals surface area contributed by atoms with Gasteiger partial charge in [-0.1, -0.05) is 55.9 Å². The van der Waals surface area contributed by atoms with E-state index in [2.05, 4.69) is 20.0 Å². The Balaban J connectivity index is 1.41. The summed E-state index contributed by atoms with van der Waals surface area (Å²) in [5.41, 5.74) is 12.2. The van der Waals surface area contributed by atoms with Gasteiger partial charge in [-0.15, -0.1) is 11.6 Å². The number of esters is 1. The van der Waals surface area contributed by atoms with E-state index < -0.39 is 48.5 Å². The molecule has 0 aliphatic carbocycles. The molecule has 1 aliphatic heterocycles. The highest BCUT2D eigenvalue weighted by molar-refractivity contribution is 8.13. The van der Waals surface area contributed by atoms with Crippen LogP contribution >= 0.6 is 31.1 Å². The van der Waals surface area contributed by atoms with E-state index in [4.69, 9.17) is 46.3 Å². The molecule has 0 spiro atoms. The first-order chi connectivity index (χ1) is 24.0. The molecule has 0 radical (unpaired) electrons. The van der Waals surface area contributed by atoms with Crippen molar-refractivity contribution in [2.24, 2.45) is 17.1 Å². The Morgan fingerprint density at radius 3 is 2.61 bits per heavy atom. The zero-order chi connectivity index (χ0) is 37.6. The zero-order valence-corrected chi connectivity index (χ0v) is 32.0. The molecule has 16 nitrogen and oxygen atoms in total. The van der Waals surface area contributed by atoms with Crippen molar-refractivity contribution in [1.82, 2.24) is 24.6 Å². The van der Waals surface area contributed by atoms with E-state index in [0.717, 1.165) is 17.3 Å². The number of nitrogen functional groups attached to an aromatic ring is 1. The number of carbonyl (C=O) groups excluding carboxylic acids is 2. The van der Waals surface area contributed by atoms with Gasteiger partial charge in [0.05, 0.1) is 31.6 Å². The first-order valence-corrected chi connectivity index (χ1v) is 19.3. The van der Waals surface area contributed by atoms with Gasteiger partial charge >= 0.3 is 13.7 Å². The third-order valence-corrected chi connectivity index (χ3v) is 11.2. The Morgan fingerprint density at radius 1 is 1.24 bits per heavy atom. The summed E-state index contributed by atoms with van der Waals surface area (Å²) in [5, 5.41) is 13.9. The number of imidazole rings is 1. The summed E-state index contributed by atoms with van der Waals surface area (Å²) in [4.78, 5) is 36.5. The molecule has 0 amide bonds. The third-order valence-electron chi connectivity index (χ3n) is 8.08. The second kappa shape index (κ2) is 17.3.